The van der Waals surface area contributed by atoms with Crippen molar-refractivity contribution < 1.29 is 19.8 Å². The Hall–Kier alpha value is -3.40. The second-order valence-electron chi connectivity index (χ2n) is 9.37. The van der Waals surface area contributed by atoms with Gasteiger partial charge in [-0.2, -0.15) is 0 Å². The van der Waals surface area contributed by atoms with Crippen LogP contribution in [0.15, 0.2) is 54.6 Å². The summed E-state index contributed by atoms with van der Waals surface area (Å²) in [5, 5.41) is 20.0. The van der Waals surface area contributed by atoms with Crippen LogP contribution in [0.25, 0.3) is 22.3 Å². The molecule has 33 heavy (non-hydrogen) atoms. The molecule has 4 heteroatoms. The SMILES string of the molecule is CCCc1cc(C(C)(C)C)c(CC)c(-c2ccccc2C(=O)O)c1-c1ccccc1C(=O)O. The van der Waals surface area contributed by atoms with E-state index in [1.54, 1.807) is 24.3 Å². The van der Waals surface area contributed by atoms with Gasteiger partial charge in [0.15, 0.2) is 0 Å². The predicted octanol–water partition coefficient (Wildman–Crippen LogP) is 7.23. The summed E-state index contributed by atoms with van der Waals surface area (Å²) < 4.78 is 0. The maximum Gasteiger partial charge on any atom is 0.336 e. The van der Waals surface area contributed by atoms with Crippen molar-refractivity contribution in [3.8, 4) is 22.3 Å². The first-order valence-electron chi connectivity index (χ1n) is 11.5. The van der Waals surface area contributed by atoms with Crippen LogP contribution in [0.5, 0.6) is 0 Å². The zero-order chi connectivity index (χ0) is 24.3. The normalized spacial score (nSPS) is 11.4. The Morgan fingerprint density at radius 3 is 1.70 bits per heavy atom. The summed E-state index contributed by atoms with van der Waals surface area (Å²) in [5.41, 5.74) is 6.46. The first-order valence-corrected chi connectivity index (χ1v) is 11.5. The van der Waals surface area contributed by atoms with Crippen molar-refractivity contribution in [1.29, 1.82) is 0 Å². The van der Waals surface area contributed by atoms with Crippen molar-refractivity contribution in [1.82, 2.24) is 0 Å². The number of rotatable bonds is 7. The Bertz CT molecular complexity index is 1200. The Balaban J connectivity index is 2.63. The fraction of sp³-hybridized carbons (Fsp3) is 0.310. The molecule has 0 atom stereocenters. The van der Waals surface area contributed by atoms with Gasteiger partial charge in [0.1, 0.15) is 0 Å². The largest absolute Gasteiger partial charge is 0.478 e. The molecule has 0 saturated carbocycles. The van der Waals surface area contributed by atoms with Crippen LogP contribution in [-0.2, 0) is 18.3 Å². The van der Waals surface area contributed by atoms with Crippen molar-refractivity contribution in [2.45, 2.75) is 59.3 Å². The maximum absolute atomic E-state index is 12.2. The maximum atomic E-state index is 12.2. The number of carboxylic acid groups (broad SMARTS) is 2. The molecule has 2 N–H and O–H groups in total. The molecule has 3 aromatic carbocycles. The third kappa shape index (κ3) is 4.70. The molecule has 0 aliphatic rings. The second-order valence-corrected chi connectivity index (χ2v) is 9.37. The quantitative estimate of drug-likeness (QED) is 0.403. The second kappa shape index (κ2) is 9.62. The number of aryl methyl sites for hydroxylation is 1. The van der Waals surface area contributed by atoms with Gasteiger partial charge in [0.25, 0.3) is 0 Å². The van der Waals surface area contributed by atoms with Crippen LogP contribution in [0.2, 0.25) is 0 Å². The van der Waals surface area contributed by atoms with E-state index < -0.39 is 11.9 Å². The van der Waals surface area contributed by atoms with Crippen molar-refractivity contribution in [3.05, 3.63) is 82.4 Å². The van der Waals surface area contributed by atoms with E-state index in [0.29, 0.717) is 17.5 Å². The lowest BCUT2D eigenvalue weighted by Gasteiger charge is -2.30. The summed E-state index contributed by atoms with van der Waals surface area (Å²) in [6.07, 6.45) is 2.35. The Labute approximate surface area is 195 Å². The molecule has 0 amide bonds. The lowest BCUT2D eigenvalue weighted by atomic mass is 9.74. The minimum atomic E-state index is -0.997. The van der Waals surface area contributed by atoms with Gasteiger partial charge in [-0.3, -0.25) is 0 Å². The van der Waals surface area contributed by atoms with Crippen molar-refractivity contribution in [2.75, 3.05) is 0 Å². The standard InChI is InChI=1S/C29H32O4/c1-6-12-18-17-24(29(3,4)5)19(7-2)26(21-14-9-11-16-23(21)28(32)33)25(18)20-13-8-10-15-22(20)27(30)31/h8-11,13-17H,6-7,12H2,1-5H3,(H,30,31)(H,32,33). The van der Waals surface area contributed by atoms with Crippen LogP contribution in [-0.4, -0.2) is 22.2 Å². The minimum Gasteiger partial charge on any atom is -0.478 e. The summed E-state index contributed by atoms with van der Waals surface area (Å²) in [4.78, 5) is 24.4. The molecule has 0 fully saturated rings. The van der Waals surface area contributed by atoms with Crippen LogP contribution < -0.4 is 0 Å². The van der Waals surface area contributed by atoms with Gasteiger partial charge in [-0.1, -0.05) is 83.5 Å². The molecule has 4 nitrogen and oxygen atoms in total. The molecule has 0 unspecified atom stereocenters. The van der Waals surface area contributed by atoms with Crippen LogP contribution >= 0.6 is 0 Å². The molecule has 0 radical (unpaired) electrons. The Morgan fingerprint density at radius 1 is 0.788 bits per heavy atom. The zero-order valence-corrected chi connectivity index (χ0v) is 20.0. The summed E-state index contributed by atoms with van der Waals surface area (Å²) in [7, 11) is 0. The van der Waals surface area contributed by atoms with Crippen molar-refractivity contribution in [2.24, 2.45) is 0 Å². The summed E-state index contributed by atoms with van der Waals surface area (Å²) in [6.45, 7) is 10.7. The third-order valence-electron chi connectivity index (χ3n) is 6.05. The van der Waals surface area contributed by atoms with Crippen LogP contribution in [0.3, 0.4) is 0 Å². The summed E-state index contributed by atoms with van der Waals surface area (Å²) in [6, 6.07) is 16.3. The first kappa shape index (κ1) is 24.2. The van der Waals surface area contributed by atoms with Gasteiger partial charge in [-0.25, -0.2) is 9.59 Å². The van der Waals surface area contributed by atoms with E-state index in [9.17, 15) is 19.8 Å². The molecule has 0 spiro atoms. The van der Waals surface area contributed by atoms with Gasteiger partial charge < -0.3 is 10.2 Å². The van der Waals surface area contributed by atoms with Crippen LogP contribution in [0, 0.1) is 0 Å². The van der Waals surface area contributed by atoms with E-state index in [2.05, 4.69) is 40.7 Å². The predicted molar refractivity (Wildman–Crippen MR) is 133 cm³/mol. The Kier molecular flexibility index (Phi) is 7.06. The fourth-order valence-corrected chi connectivity index (χ4v) is 4.66. The lowest BCUT2D eigenvalue weighted by Crippen LogP contribution is -2.17. The summed E-state index contributed by atoms with van der Waals surface area (Å²) in [5.74, 6) is -1.99. The fourth-order valence-electron chi connectivity index (χ4n) is 4.66. The molecule has 0 heterocycles. The van der Waals surface area contributed by atoms with E-state index in [4.69, 9.17) is 0 Å². The average Bonchev–Trinajstić information content (AvgIpc) is 2.77. The molecule has 3 rings (SSSR count). The highest BCUT2D eigenvalue weighted by Gasteiger charge is 2.28. The van der Waals surface area contributed by atoms with Crippen molar-refractivity contribution in [3.63, 3.8) is 0 Å². The average molecular weight is 445 g/mol. The molecule has 172 valence electrons. The highest BCUT2D eigenvalue weighted by molar-refractivity contribution is 6.04. The molecule has 0 bridgehead atoms. The van der Waals surface area contributed by atoms with Crippen molar-refractivity contribution >= 4 is 11.9 Å². The summed E-state index contributed by atoms with van der Waals surface area (Å²) >= 11 is 0. The van der Waals surface area contributed by atoms with E-state index in [1.165, 1.54) is 5.56 Å². The van der Waals surface area contributed by atoms with E-state index in [-0.39, 0.29) is 16.5 Å². The highest BCUT2D eigenvalue weighted by atomic mass is 16.4. The Morgan fingerprint density at radius 2 is 1.27 bits per heavy atom. The van der Waals surface area contributed by atoms with Gasteiger partial charge >= 0.3 is 11.9 Å². The third-order valence-corrected chi connectivity index (χ3v) is 6.05. The molecule has 0 saturated heterocycles. The number of hydrogen-bond donors (Lipinski definition) is 2. The van der Waals surface area contributed by atoms with Crippen LogP contribution in [0.4, 0.5) is 0 Å². The topological polar surface area (TPSA) is 74.6 Å². The van der Waals surface area contributed by atoms with E-state index in [0.717, 1.165) is 35.1 Å². The van der Waals surface area contributed by atoms with Gasteiger partial charge in [0.2, 0.25) is 0 Å². The number of aromatic carboxylic acids is 2. The number of carboxylic acids is 2. The smallest absolute Gasteiger partial charge is 0.336 e. The monoisotopic (exact) mass is 444 g/mol. The lowest BCUT2D eigenvalue weighted by molar-refractivity contribution is 0.0686. The molecular weight excluding hydrogens is 412 g/mol. The number of carbonyl (C=O) groups is 2. The minimum absolute atomic E-state index is 0.161. The van der Waals surface area contributed by atoms with Crippen LogP contribution in [0.1, 0.15) is 78.4 Å². The molecular formula is C29H32O4. The molecule has 3 aromatic rings. The van der Waals surface area contributed by atoms with Gasteiger partial charge in [-0.05, 0) is 69.3 Å². The first-order chi connectivity index (χ1) is 15.6. The van der Waals surface area contributed by atoms with Gasteiger partial charge in [0.05, 0.1) is 11.1 Å². The molecule has 0 aliphatic heterocycles. The molecule has 0 aliphatic carbocycles. The highest BCUT2D eigenvalue weighted by Crippen LogP contribution is 2.45. The number of hydrogen-bond acceptors (Lipinski definition) is 2. The molecule has 0 aromatic heterocycles. The van der Waals surface area contributed by atoms with E-state index >= 15 is 0 Å². The van der Waals surface area contributed by atoms with Gasteiger partial charge in [-0.15, -0.1) is 0 Å². The number of benzene rings is 3. The zero-order valence-electron chi connectivity index (χ0n) is 20.0. The van der Waals surface area contributed by atoms with E-state index in [1.807, 2.05) is 24.3 Å². The van der Waals surface area contributed by atoms with Gasteiger partial charge in [0, 0.05) is 0 Å².